The fourth-order valence-corrected chi connectivity index (χ4v) is 2.72. The molecule has 1 amide bonds. The summed E-state index contributed by atoms with van der Waals surface area (Å²) in [5.74, 6) is 0.254. The van der Waals surface area contributed by atoms with Crippen LogP contribution in [0.25, 0.3) is 0 Å². The highest BCUT2D eigenvalue weighted by Gasteiger charge is 2.21. The van der Waals surface area contributed by atoms with Gasteiger partial charge in [-0.25, -0.2) is 4.39 Å². The smallest absolute Gasteiger partial charge is 0.241 e. The van der Waals surface area contributed by atoms with Gasteiger partial charge in [0.1, 0.15) is 5.75 Å². The molecule has 0 aliphatic heterocycles. The van der Waals surface area contributed by atoms with Crippen LogP contribution in [0.4, 0.5) is 10.1 Å². The first-order chi connectivity index (χ1) is 12.5. The number of nitrogens with zero attached hydrogens (tertiary/aromatic N) is 1. The van der Waals surface area contributed by atoms with Crippen LogP contribution in [-0.2, 0) is 11.3 Å². The number of carbonyl (C=O) groups excluding carboxylic acids is 1. The van der Waals surface area contributed by atoms with E-state index in [2.05, 4.69) is 5.32 Å². The number of anilines is 1. The number of likely N-dealkylation sites (N-methyl/N-ethyl adjacent to an activating group) is 1. The van der Waals surface area contributed by atoms with E-state index < -0.39 is 11.9 Å². The molecule has 0 heterocycles. The van der Waals surface area contributed by atoms with Crippen molar-refractivity contribution in [2.45, 2.75) is 26.4 Å². The van der Waals surface area contributed by atoms with E-state index in [-0.39, 0.29) is 11.7 Å². The Morgan fingerprint density at radius 1 is 1.15 bits per heavy atom. The Labute approximate surface area is 153 Å². The Balaban J connectivity index is 2.08. The second-order valence-electron chi connectivity index (χ2n) is 5.90. The summed E-state index contributed by atoms with van der Waals surface area (Å²) >= 11 is 0. The first kappa shape index (κ1) is 19.7. The summed E-state index contributed by atoms with van der Waals surface area (Å²) in [6, 6.07) is 11.7. The van der Waals surface area contributed by atoms with Crippen molar-refractivity contribution in [1.82, 2.24) is 4.90 Å². The zero-order valence-corrected chi connectivity index (χ0v) is 15.6. The molecule has 26 heavy (non-hydrogen) atoms. The molecule has 0 radical (unpaired) electrons. The molecule has 0 aliphatic carbocycles. The summed E-state index contributed by atoms with van der Waals surface area (Å²) in [7, 11) is 2.99. The van der Waals surface area contributed by atoms with Crippen molar-refractivity contribution >= 4 is 11.6 Å². The molecule has 1 N–H and O–H groups in total. The van der Waals surface area contributed by atoms with Gasteiger partial charge < -0.3 is 14.8 Å². The molecule has 2 rings (SSSR count). The Kier molecular flexibility index (Phi) is 6.97. The van der Waals surface area contributed by atoms with Crippen LogP contribution in [0.3, 0.4) is 0 Å². The van der Waals surface area contributed by atoms with Gasteiger partial charge in [-0.3, -0.25) is 9.69 Å². The molecule has 0 aliphatic rings. The molecule has 0 aromatic heterocycles. The SMILES string of the molecule is CCN(Cc1ccc(OC)c(F)c1)C(C)C(=O)Nc1ccccc1OC. The van der Waals surface area contributed by atoms with Gasteiger partial charge in [-0.15, -0.1) is 0 Å². The van der Waals surface area contributed by atoms with Gasteiger partial charge in [0.2, 0.25) is 5.91 Å². The lowest BCUT2D eigenvalue weighted by molar-refractivity contribution is -0.120. The Morgan fingerprint density at radius 3 is 2.46 bits per heavy atom. The maximum absolute atomic E-state index is 13.9. The van der Waals surface area contributed by atoms with Crippen molar-refractivity contribution in [2.75, 3.05) is 26.1 Å². The number of methoxy groups -OCH3 is 2. The summed E-state index contributed by atoms with van der Waals surface area (Å²) in [5.41, 5.74) is 1.40. The summed E-state index contributed by atoms with van der Waals surface area (Å²) in [6.45, 7) is 4.90. The van der Waals surface area contributed by atoms with E-state index in [9.17, 15) is 9.18 Å². The van der Waals surface area contributed by atoms with Gasteiger partial charge in [0.25, 0.3) is 0 Å². The molecule has 5 nitrogen and oxygen atoms in total. The second kappa shape index (κ2) is 9.20. The zero-order valence-electron chi connectivity index (χ0n) is 15.6. The standard InChI is InChI=1S/C20H25FN2O3/c1-5-23(13-15-10-11-18(25-3)16(21)12-15)14(2)20(24)22-17-8-6-7-9-19(17)26-4/h6-12,14H,5,13H2,1-4H3,(H,22,24). The third-order valence-electron chi connectivity index (χ3n) is 4.30. The molecule has 1 atom stereocenters. The van der Waals surface area contributed by atoms with E-state index in [0.717, 1.165) is 5.56 Å². The number of benzene rings is 2. The molecule has 6 heteroatoms. The maximum atomic E-state index is 13.9. The Bertz CT molecular complexity index is 752. The average Bonchev–Trinajstić information content (AvgIpc) is 2.66. The topological polar surface area (TPSA) is 50.8 Å². The number of halogens is 1. The van der Waals surface area contributed by atoms with Crippen molar-refractivity contribution in [1.29, 1.82) is 0 Å². The van der Waals surface area contributed by atoms with Gasteiger partial charge in [-0.2, -0.15) is 0 Å². The molecule has 2 aromatic rings. The predicted octanol–water partition coefficient (Wildman–Crippen LogP) is 3.69. The minimum Gasteiger partial charge on any atom is -0.495 e. The summed E-state index contributed by atoms with van der Waals surface area (Å²) in [6.07, 6.45) is 0. The lowest BCUT2D eigenvalue weighted by Gasteiger charge is -2.27. The molecule has 1 unspecified atom stereocenters. The van der Waals surface area contributed by atoms with Crippen LogP contribution in [0, 0.1) is 5.82 Å². The van der Waals surface area contributed by atoms with Gasteiger partial charge >= 0.3 is 0 Å². The van der Waals surface area contributed by atoms with Gasteiger partial charge in [-0.05, 0) is 43.3 Å². The first-order valence-electron chi connectivity index (χ1n) is 8.50. The van der Waals surface area contributed by atoms with Crippen molar-refractivity contribution in [2.24, 2.45) is 0 Å². The number of hydrogen-bond acceptors (Lipinski definition) is 4. The normalized spacial score (nSPS) is 11.9. The largest absolute Gasteiger partial charge is 0.495 e. The van der Waals surface area contributed by atoms with Crippen LogP contribution in [0.5, 0.6) is 11.5 Å². The van der Waals surface area contributed by atoms with E-state index in [1.54, 1.807) is 31.4 Å². The molecule has 0 bridgehead atoms. The van der Waals surface area contributed by atoms with Gasteiger partial charge in [0, 0.05) is 6.54 Å². The number of ether oxygens (including phenoxy) is 2. The Hall–Kier alpha value is -2.60. The fraction of sp³-hybridized carbons (Fsp3) is 0.350. The molecule has 0 saturated heterocycles. The molecule has 0 spiro atoms. The summed E-state index contributed by atoms with van der Waals surface area (Å²) in [5, 5.41) is 2.89. The molecule has 0 saturated carbocycles. The minimum atomic E-state index is -0.410. The van der Waals surface area contributed by atoms with Crippen molar-refractivity contribution in [3.8, 4) is 11.5 Å². The summed E-state index contributed by atoms with van der Waals surface area (Å²) < 4.78 is 24.1. The first-order valence-corrected chi connectivity index (χ1v) is 8.50. The van der Waals surface area contributed by atoms with Crippen molar-refractivity contribution < 1.29 is 18.7 Å². The summed E-state index contributed by atoms with van der Waals surface area (Å²) in [4.78, 5) is 14.6. The monoisotopic (exact) mass is 360 g/mol. The quantitative estimate of drug-likeness (QED) is 0.780. The van der Waals surface area contributed by atoms with E-state index in [0.29, 0.717) is 24.5 Å². The minimum absolute atomic E-state index is 0.148. The molecule has 0 fully saturated rings. The molecule has 140 valence electrons. The number of rotatable bonds is 8. The number of amides is 1. The third-order valence-corrected chi connectivity index (χ3v) is 4.30. The van der Waals surface area contributed by atoms with E-state index in [1.807, 2.05) is 30.9 Å². The predicted molar refractivity (Wildman–Crippen MR) is 100 cm³/mol. The van der Waals surface area contributed by atoms with Crippen LogP contribution in [0.15, 0.2) is 42.5 Å². The van der Waals surface area contributed by atoms with Gasteiger partial charge in [0.15, 0.2) is 11.6 Å². The zero-order chi connectivity index (χ0) is 19.1. The van der Waals surface area contributed by atoms with Crippen LogP contribution >= 0.6 is 0 Å². The fourth-order valence-electron chi connectivity index (χ4n) is 2.72. The highest BCUT2D eigenvalue weighted by Crippen LogP contribution is 2.24. The molecule has 2 aromatic carbocycles. The maximum Gasteiger partial charge on any atom is 0.241 e. The lowest BCUT2D eigenvalue weighted by Crippen LogP contribution is -2.41. The third kappa shape index (κ3) is 4.73. The van der Waals surface area contributed by atoms with Crippen LogP contribution < -0.4 is 14.8 Å². The van der Waals surface area contributed by atoms with Crippen molar-refractivity contribution in [3.63, 3.8) is 0 Å². The van der Waals surface area contributed by atoms with Gasteiger partial charge in [-0.1, -0.05) is 25.1 Å². The molecular formula is C20H25FN2O3. The van der Waals surface area contributed by atoms with Gasteiger partial charge in [0.05, 0.1) is 25.9 Å². The van der Waals surface area contributed by atoms with E-state index >= 15 is 0 Å². The van der Waals surface area contributed by atoms with Crippen LogP contribution in [0.2, 0.25) is 0 Å². The van der Waals surface area contributed by atoms with Crippen LogP contribution in [0.1, 0.15) is 19.4 Å². The highest BCUT2D eigenvalue weighted by molar-refractivity contribution is 5.95. The molecular weight excluding hydrogens is 335 g/mol. The highest BCUT2D eigenvalue weighted by atomic mass is 19.1. The van der Waals surface area contributed by atoms with Crippen molar-refractivity contribution in [3.05, 3.63) is 53.8 Å². The second-order valence-corrected chi connectivity index (χ2v) is 5.90. The number of carbonyl (C=O) groups is 1. The number of para-hydroxylation sites is 2. The Morgan fingerprint density at radius 2 is 1.85 bits per heavy atom. The average molecular weight is 360 g/mol. The number of nitrogens with one attached hydrogen (secondary N) is 1. The van der Waals surface area contributed by atoms with Crippen LogP contribution in [-0.4, -0.2) is 37.6 Å². The lowest BCUT2D eigenvalue weighted by atomic mass is 10.1. The van der Waals surface area contributed by atoms with E-state index in [4.69, 9.17) is 9.47 Å². The number of hydrogen-bond donors (Lipinski definition) is 1. The van der Waals surface area contributed by atoms with E-state index in [1.165, 1.54) is 13.2 Å².